The van der Waals surface area contributed by atoms with Crippen LogP contribution in [0.25, 0.3) is 6.08 Å². The molecule has 64 heavy (non-hydrogen) atoms. The summed E-state index contributed by atoms with van der Waals surface area (Å²) in [5.74, 6) is -2.24. The molecule has 0 spiro atoms. The number of hydrogen-bond acceptors (Lipinski definition) is 25. The zero-order chi connectivity index (χ0) is 46.5. The van der Waals surface area contributed by atoms with Crippen LogP contribution in [0.1, 0.15) is 24.2 Å². The molecule has 21 atom stereocenters. The zero-order valence-electron chi connectivity index (χ0n) is 33.5. The smallest absolute Gasteiger partial charge is 0.229 e. The van der Waals surface area contributed by atoms with Crippen LogP contribution < -0.4 is 14.2 Å². The highest BCUT2D eigenvalue weighted by molar-refractivity contribution is 5.70. The van der Waals surface area contributed by atoms with Gasteiger partial charge in [-0.1, -0.05) is 6.07 Å². The number of rotatable bonds is 12. The molecule has 2 aromatic carbocycles. The molecule has 16 N–H and O–H groups in total. The first-order chi connectivity index (χ1) is 30.3. The maximum Gasteiger partial charge on any atom is 0.229 e. The first-order valence-corrected chi connectivity index (χ1v) is 20.0. The second-order valence-corrected chi connectivity index (χ2v) is 15.9. The van der Waals surface area contributed by atoms with Crippen molar-refractivity contribution in [2.45, 2.75) is 136 Å². The summed E-state index contributed by atoms with van der Waals surface area (Å²) in [7, 11) is 0. The minimum atomic E-state index is -2.02. The van der Waals surface area contributed by atoms with E-state index in [4.69, 9.17) is 42.6 Å². The second kappa shape index (κ2) is 19.6. The third-order valence-electron chi connectivity index (χ3n) is 11.5. The summed E-state index contributed by atoms with van der Waals surface area (Å²) in [5.41, 5.74) is -0.0280. The Morgan fingerprint density at radius 1 is 0.516 bits per heavy atom. The van der Waals surface area contributed by atoms with Crippen molar-refractivity contribution in [3.05, 3.63) is 47.2 Å². The maximum atomic E-state index is 11.2. The summed E-state index contributed by atoms with van der Waals surface area (Å²) in [5, 5.41) is 167. The largest absolute Gasteiger partial charge is 0.508 e. The van der Waals surface area contributed by atoms with Crippen LogP contribution in [0.15, 0.2) is 36.1 Å². The topological polar surface area (TPSA) is 407 Å². The molecule has 7 rings (SSSR count). The lowest BCUT2D eigenvalue weighted by Crippen LogP contribution is -2.61. The highest BCUT2D eigenvalue weighted by atomic mass is 16.7. The lowest BCUT2D eigenvalue weighted by Gasteiger charge is -2.43. The van der Waals surface area contributed by atoms with Gasteiger partial charge in [0, 0.05) is 17.7 Å². The molecule has 0 radical (unpaired) electrons. The van der Waals surface area contributed by atoms with Crippen LogP contribution in [0.3, 0.4) is 0 Å². The average Bonchev–Trinajstić information content (AvgIpc) is 3.27. The molecule has 25 nitrogen and oxygen atoms in total. The van der Waals surface area contributed by atoms with E-state index in [9.17, 15) is 81.7 Å². The van der Waals surface area contributed by atoms with Crippen molar-refractivity contribution in [1.29, 1.82) is 0 Å². The molecule has 0 bridgehead atoms. The predicted molar refractivity (Wildman–Crippen MR) is 202 cm³/mol. The van der Waals surface area contributed by atoms with Crippen LogP contribution in [0, 0.1) is 0 Å². The second-order valence-electron chi connectivity index (χ2n) is 15.9. The molecule has 21 unspecified atom stereocenters. The van der Waals surface area contributed by atoms with Crippen molar-refractivity contribution in [3.8, 4) is 28.7 Å². The van der Waals surface area contributed by atoms with E-state index in [2.05, 4.69) is 0 Å². The Morgan fingerprint density at radius 3 is 1.59 bits per heavy atom. The van der Waals surface area contributed by atoms with Gasteiger partial charge in [0.2, 0.25) is 18.9 Å². The van der Waals surface area contributed by atoms with Gasteiger partial charge in [0.05, 0.1) is 31.5 Å². The number of fused-ring (bicyclic) bond motifs is 1. The number of phenolic OH excluding ortho intramolecular Hbond substituents is 2. The molecular weight excluding hydrogens is 868 g/mol. The van der Waals surface area contributed by atoms with Gasteiger partial charge in [0.15, 0.2) is 23.9 Å². The fourth-order valence-electron chi connectivity index (χ4n) is 7.65. The van der Waals surface area contributed by atoms with E-state index < -0.39 is 166 Å². The van der Waals surface area contributed by atoms with Crippen LogP contribution in [-0.4, -0.2) is 224 Å². The van der Waals surface area contributed by atoms with E-state index in [1.54, 1.807) is 0 Å². The Labute approximate surface area is 361 Å². The number of benzene rings is 2. The summed E-state index contributed by atoms with van der Waals surface area (Å²) in [6.45, 7) is -0.837. The Balaban J connectivity index is 1.22. The standard InChI is InChI=1S/C39H52O25/c1-11-23(44)27(48)31(52)36(57-11)56-10-22-26(47)30(51)34(55)39(64-22)61-19-7-14-16(5-13(42)6-17(14)59-37-32(53)28(49)24(45)20(8-40)62-37)58-35(19)12-2-3-15(43)18(4-12)60-38-33(54)29(50)25(46)21(9-41)63-38/h2-7,11,20-55H,8-10H2,1H3. The van der Waals surface area contributed by atoms with Gasteiger partial charge < -0.3 is 124 Å². The molecule has 25 heteroatoms. The lowest BCUT2D eigenvalue weighted by atomic mass is 9.98. The van der Waals surface area contributed by atoms with Crippen molar-refractivity contribution >= 4 is 6.08 Å². The number of aromatic hydroxyl groups is 2. The third kappa shape index (κ3) is 9.42. The van der Waals surface area contributed by atoms with E-state index in [0.717, 1.165) is 24.3 Å². The number of ether oxygens (including phenoxy) is 9. The first-order valence-electron chi connectivity index (χ1n) is 20.0. The summed E-state index contributed by atoms with van der Waals surface area (Å²) in [4.78, 5) is 0. The van der Waals surface area contributed by atoms with Crippen molar-refractivity contribution < 1.29 is 124 Å². The van der Waals surface area contributed by atoms with E-state index in [1.807, 2.05) is 0 Å². The summed E-state index contributed by atoms with van der Waals surface area (Å²) >= 11 is 0. The van der Waals surface area contributed by atoms with Gasteiger partial charge in [-0.2, -0.15) is 0 Å². The van der Waals surface area contributed by atoms with Crippen LogP contribution >= 0.6 is 0 Å². The van der Waals surface area contributed by atoms with Crippen LogP contribution in [0.4, 0.5) is 0 Å². The highest BCUT2D eigenvalue weighted by Gasteiger charge is 2.50. The average molecular weight is 921 g/mol. The van der Waals surface area contributed by atoms with Gasteiger partial charge >= 0.3 is 0 Å². The minimum absolute atomic E-state index is 0.0399. The molecule has 5 aliphatic rings. The van der Waals surface area contributed by atoms with Gasteiger partial charge in [-0.3, -0.25) is 0 Å². The summed E-state index contributed by atoms with van der Waals surface area (Å²) in [6, 6.07) is 5.74. The van der Waals surface area contributed by atoms with Gasteiger partial charge in [-0.25, -0.2) is 0 Å². The van der Waals surface area contributed by atoms with E-state index in [1.165, 1.54) is 19.1 Å². The van der Waals surface area contributed by atoms with Gasteiger partial charge in [-0.05, 0) is 25.1 Å². The normalized spacial score (nSPS) is 42.5. The SMILES string of the molecule is CC1OC(OCC2OC(OC3=Cc4c(cc(O)cc4OC4OC(CO)C(O)C(O)C4O)OC3c3ccc(O)c(OC4OC(CO)C(O)C(O)C4O)c3)C(O)C(O)C2O)C(O)C(O)C1O. The molecule has 2 aromatic rings. The fourth-order valence-corrected chi connectivity index (χ4v) is 7.65. The minimum Gasteiger partial charge on any atom is -0.508 e. The quantitative estimate of drug-likeness (QED) is 0.0941. The number of aliphatic hydroxyl groups excluding tert-OH is 14. The van der Waals surface area contributed by atoms with Gasteiger partial charge in [0.1, 0.15) is 115 Å². The third-order valence-corrected chi connectivity index (χ3v) is 11.5. The van der Waals surface area contributed by atoms with Crippen molar-refractivity contribution in [3.63, 3.8) is 0 Å². The number of aliphatic hydroxyl groups is 14. The Hall–Kier alpha value is -3.78. The number of hydrogen-bond donors (Lipinski definition) is 16. The van der Waals surface area contributed by atoms with Crippen molar-refractivity contribution in [2.24, 2.45) is 0 Å². The van der Waals surface area contributed by atoms with E-state index in [-0.39, 0.29) is 28.4 Å². The molecule has 358 valence electrons. The monoisotopic (exact) mass is 920 g/mol. The Bertz CT molecular complexity index is 1930. The highest BCUT2D eigenvalue weighted by Crippen LogP contribution is 2.47. The van der Waals surface area contributed by atoms with Gasteiger partial charge in [0.25, 0.3) is 0 Å². The first kappa shape index (κ1) is 48.2. The fraction of sp³-hybridized carbons (Fsp3) is 0.641. The van der Waals surface area contributed by atoms with E-state index >= 15 is 0 Å². The lowest BCUT2D eigenvalue weighted by molar-refractivity contribution is -0.324. The number of phenols is 2. The van der Waals surface area contributed by atoms with Gasteiger partial charge in [-0.15, -0.1) is 0 Å². The zero-order valence-corrected chi connectivity index (χ0v) is 33.5. The Kier molecular flexibility index (Phi) is 14.7. The molecule has 0 aliphatic carbocycles. The molecule has 0 saturated carbocycles. The molecular formula is C39H52O25. The Morgan fingerprint density at radius 2 is 1.02 bits per heavy atom. The molecule has 0 aromatic heterocycles. The predicted octanol–water partition coefficient (Wildman–Crippen LogP) is -6.40. The maximum absolute atomic E-state index is 11.2. The summed E-state index contributed by atoms with van der Waals surface area (Å²) < 4.78 is 51.7. The molecule has 4 saturated heterocycles. The van der Waals surface area contributed by atoms with Crippen LogP contribution in [-0.2, 0) is 28.4 Å². The molecule has 5 aliphatic heterocycles. The van der Waals surface area contributed by atoms with Crippen molar-refractivity contribution in [1.82, 2.24) is 0 Å². The summed E-state index contributed by atoms with van der Waals surface area (Å²) in [6.07, 6.45) is -34.2. The molecule has 0 amide bonds. The van der Waals surface area contributed by atoms with E-state index in [0.29, 0.717) is 0 Å². The van der Waals surface area contributed by atoms with Crippen molar-refractivity contribution in [2.75, 3.05) is 19.8 Å². The van der Waals surface area contributed by atoms with Crippen LogP contribution in [0.2, 0.25) is 0 Å². The van der Waals surface area contributed by atoms with Crippen LogP contribution in [0.5, 0.6) is 28.7 Å². The molecule has 5 heterocycles. The molecule has 4 fully saturated rings.